The van der Waals surface area contributed by atoms with E-state index in [-0.39, 0.29) is 11.9 Å². The Bertz CT molecular complexity index is 1420. The average molecular weight is 483 g/mol. The number of aromatic nitrogens is 2. The van der Waals surface area contributed by atoms with Crippen molar-refractivity contribution in [2.45, 2.75) is 34.6 Å². The number of carbonyl (C=O) groups is 2. The standard InChI is InChI=1S/C29H30N4O3/c1-6-36-29(35)23-12-14-26(15-13-23)33-21(4)16-25(22(33)5)18-30-31-28(34)24-8-7-9-27(17-24)32-19(2)10-11-20(32)3/h7-18H,6H2,1-5H3,(H,31,34)/b30-18-. The summed E-state index contributed by atoms with van der Waals surface area (Å²) in [6.07, 6.45) is 1.65. The monoisotopic (exact) mass is 482 g/mol. The van der Waals surface area contributed by atoms with E-state index in [0.29, 0.717) is 17.7 Å². The van der Waals surface area contributed by atoms with Gasteiger partial charge in [0.1, 0.15) is 0 Å². The zero-order chi connectivity index (χ0) is 25.8. The van der Waals surface area contributed by atoms with Crippen molar-refractivity contribution in [1.82, 2.24) is 14.6 Å². The van der Waals surface area contributed by atoms with Gasteiger partial charge in [0.15, 0.2) is 0 Å². The molecule has 0 aliphatic carbocycles. The molecular weight excluding hydrogens is 452 g/mol. The number of rotatable bonds is 7. The molecule has 0 saturated heterocycles. The van der Waals surface area contributed by atoms with Crippen molar-refractivity contribution in [3.8, 4) is 11.4 Å². The third-order valence-corrected chi connectivity index (χ3v) is 6.11. The van der Waals surface area contributed by atoms with Gasteiger partial charge in [-0.2, -0.15) is 5.10 Å². The quantitative estimate of drug-likeness (QED) is 0.216. The summed E-state index contributed by atoms with van der Waals surface area (Å²) in [6, 6.07) is 20.9. The van der Waals surface area contributed by atoms with Crippen LogP contribution in [0.25, 0.3) is 11.4 Å². The highest BCUT2D eigenvalue weighted by atomic mass is 16.5. The Labute approximate surface area is 211 Å². The molecule has 4 aromatic rings. The molecule has 2 aromatic carbocycles. The van der Waals surface area contributed by atoms with Crippen LogP contribution in [-0.2, 0) is 4.74 Å². The van der Waals surface area contributed by atoms with Crippen molar-refractivity contribution >= 4 is 18.1 Å². The highest BCUT2D eigenvalue weighted by molar-refractivity contribution is 5.95. The number of esters is 1. The Balaban J connectivity index is 1.49. The van der Waals surface area contributed by atoms with Gasteiger partial charge >= 0.3 is 5.97 Å². The molecule has 0 aliphatic heterocycles. The molecule has 0 radical (unpaired) electrons. The van der Waals surface area contributed by atoms with Crippen LogP contribution in [0.1, 0.15) is 56.0 Å². The minimum atomic E-state index is -0.335. The minimum absolute atomic E-state index is 0.279. The Hall–Kier alpha value is -4.39. The number of nitrogens with one attached hydrogen (secondary N) is 1. The van der Waals surface area contributed by atoms with E-state index in [9.17, 15) is 9.59 Å². The number of hydrazone groups is 1. The van der Waals surface area contributed by atoms with Crippen molar-refractivity contribution in [2.24, 2.45) is 5.10 Å². The van der Waals surface area contributed by atoms with Crippen LogP contribution >= 0.6 is 0 Å². The summed E-state index contributed by atoms with van der Waals surface area (Å²) in [7, 11) is 0. The van der Waals surface area contributed by atoms with Crippen LogP contribution in [0.15, 0.2) is 71.8 Å². The predicted molar refractivity (Wildman–Crippen MR) is 142 cm³/mol. The lowest BCUT2D eigenvalue weighted by molar-refractivity contribution is 0.0526. The van der Waals surface area contributed by atoms with Crippen LogP contribution in [0, 0.1) is 27.7 Å². The largest absolute Gasteiger partial charge is 0.462 e. The summed E-state index contributed by atoms with van der Waals surface area (Å²) in [6.45, 7) is 10.2. The number of amides is 1. The topological polar surface area (TPSA) is 77.6 Å². The van der Waals surface area contributed by atoms with Gasteiger partial charge in [-0.25, -0.2) is 10.2 Å². The van der Waals surface area contributed by atoms with E-state index in [2.05, 4.69) is 31.8 Å². The molecule has 1 N–H and O–H groups in total. The molecule has 7 nitrogen and oxygen atoms in total. The lowest BCUT2D eigenvalue weighted by atomic mass is 10.2. The van der Waals surface area contributed by atoms with Crippen molar-refractivity contribution in [3.05, 3.63) is 106 Å². The molecule has 0 aliphatic rings. The van der Waals surface area contributed by atoms with E-state index in [1.54, 1.807) is 31.3 Å². The van der Waals surface area contributed by atoms with E-state index >= 15 is 0 Å². The van der Waals surface area contributed by atoms with Gasteiger partial charge in [-0.05, 0) is 95.3 Å². The van der Waals surface area contributed by atoms with Gasteiger partial charge < -0.3 is 13.9 Å². The van der Waals surface area contributed by atoms with Crippen molar-refractivity contribution in [1.29, 1.82) is 0 Å². The number of hydrogen-bond acceptors (Lipinski definition) is 4. The van der Waals surface area contributed by atoms with Gasteiger partial charge in [0, 0.05) is 45.3 Å². The van der Waals surface area contributed by atoms with E-state index in [1.807, 2.05) is 64.1 Å². The van der Waals surface area contributed by atoms with Gasteiger partial charge in [-0.15, -0.1) is 0 Å². The van der Waals surface area contributed by atoms with Crippen LogP contribution in [0.4, 0.5) is 0 Å². The fourth-order valence-corrected chi connectivity index (χ4v) is 4.36. The summed E-state index contributed by atoms with van der Waals surface area (Å²) in [4.78, 5) is 24.7. The molecule has 1 amide bonds. The molecule has 0 atom stereocenters. The number of hydrogen-bond donors (Lipinski definition) is 1. The lowest BCUT2D eigenvalue weighted by Gasteiger charge is -2.11. The second-order valence-corrected chi connectivity index (χ2v) is 8.63. The zero-order valence-electron chi connectivity index (χ0n) is 21.2. The normalized spacial score (nSPS) is 11.1. The summed E-state index contributed by atoms with van der Waals surface area (Å²) in [5, 5.41) is 4.21. The predicted octanol–water partition coefficient (Wildman–Crippen LogP) is 5.44. The Kier molecular flexibility index (Phi) is 7.20. The molecule has 184 valence electrons. The number of ether oxygens (including phenoxy) is 1. The maximum atomic E-state index is 12.8. The molecule has 2 heterocycles. The van der Waals surface area contributed by atoms with Gasteiger partial charge in [0.2, 0.25) is 0 Å². The molecule has 0 spiro atoms. The number of carbonyl (C=O) groups excluding carboxylic acids is 2. The van der Waals surface area contributed by atoms with Crippen molar-refractivity contribution in [3.63, 3.8) is 0 Å². The van der Waals surface area contributed by atoms with Gasteiger partial charge in [-0.1, -0.05) is 6.07 Å². The first-order chi connectivity index (χ1) is 17.3. The molecule has 36 heavy (non-hydrogen) atoms. The summed E-state index contributed by atoms with van der Waals surface area (Å²) < 4.78 is 9.24. The summed E-state index contributed by atoms with van der Waals surface area (Å²) in [5.41, 5.74) is 10.6. The van der Waals surface area contributed by atoms with Crippen LogP contribution in [-0.4, -0.2) is 33.8 Å². The highest BCUT2D eigenvalue weighted by Gasteiger charge is 2.12. The molecule has 0 fully saturated rings. The number of benzene rings is 2. The number of aryl methyl sites for hydroxylation is 3. The number of nitrogens with zero attached hydrogens (tertiary/aromatic N) is 3. The van der Waals surface area contributed by atoms with Crippen LogP contribution in [0.3, 0.4) is 0 Å². The molecule has 2 aromatic heterocycles. The second kappa shape index (κ2) is 10.5. The van der Waals surface area contributed by atoms with Gasteiger partial charge in [0.25, 0.3) is 5.91 Å². The van der Waals surface area contributed by atoms with E-state index < -0.39 is 0 Å². The third kappa shape index (κ3) is 5.00. The summed E-state index contributed by atoms with van der Waals surface area (Å²) in [5.74, 6) is -0.614. The van der Waals surface area contributed by atoms with Gasteiger partial charge in [-0.3, -0.25) is 4.79 Å². The minimum Gasteiger partial charge on any atom is -0.462 e. The Morgan fingerprint density at radius 2 is 1.53 bits per heavy atom. The second-order valence-electron chi connectivity index (χ2n) is 8.63. The molecule has 0 unspecified atom stereocenters. The van der Waals surface area contributed by atoms with Crippen LogP contribution in [0.5, 0.6) is 0 Å². The molecular formula is C29H30N4O3. The highest BCUT2D eigenvalue weighted by Crippen LogP contribution is 2.21. The first kappa shape index (κ1) is 24.7. The Morgan fingerprint density at radius 3 is 2.19 bits per heavy atom. The smallest absolute Gasteiger partial charge is 0.338 e. The Morgan fingerprint density at radius 1 is 0.833 bits per heavy atom. The maximum absolute atomic E-state index is 12.8. The van der Waals surface area contributed by atoms with E-state index in [0.717, 1.165) is 39.7 Å². The lowest BCUT2D eigenvalue weighted by Crippen LogP contribution is -2.18. The average Bonchev–Trinajstić information content (AvgIpc) is 3.35. The SMILES string of the molecule is CCOC(=O)c1ccc(-n2c(C)cc(/C=N\NC(=O)c3cccc(-n4c(C)ccc4C)c3)c2C)cc1. The molecule has 7 heteroatoms. The van der Waals surface area contributed by atoms with Gasteiger partial charge in [0.05, 0.1) is 18.4 Å². The van der Waals surface area contributed by atoms with Crippen LogP contribution in [0.2, 0.25) is 0 Å². The zero-order valence-corrected chi connectivity index (χ0v) is 21.2. The molecule has 0 saturated carbocycles. The van der Waals surface area contributed by atoms with Crippen molar-refractivity contribution < 1.29 is 14.3 Å². The van der Waals surface area contributed by atoms with Crippen molar-refractivity contribution in [2.75, 3.05) is 6.61 Å². The van der Waals surface area contributed by atoms with E-state index in [4.69, 9.17) is 4.74 Å². The third-order valence-electron chi connectivity index (χ3n) is 6.11. The van der Waals surface area contributed by atoms with E-state index in [1.165, 1.54) is 0 Å². The fourth-order valence-electron chi connectivity index (χ4n) is 4.36. The first-order valence-electron chi connectivity index (χ1n) is 11.9. The fraction of sp³-hybridized carbons (Fsp3) is 0.207. The molecule has 4 rings (SSSR count). The maximum Gasteiger partial charge on any atom is 0.338 e. The molecule has 0 bridgehead atoms. The first-order valence-corrected chi connectivity index (χ1v) is 11.9. The summed E-state index contributed by atoms with van der Waals surface area (Å²) >= 11 is 0. The van der Waals surface area contributed by atoms with Crippen LogP contribution < -0.4 is 5.43 Å².